The lowest BCUT2D eigenvalue weighted by Crippen LogP contribution is -2.74. The van der Waals surface area contributed by atoms with E-state index in [1.54, 1.807) is 0 Å². The van der Waals surface area contributed by atoms with Crippen LogP contribution in [0.5, 0.6) is 0 Å². The van der Waals surface area contributed by atoms with Crippen molar-refractivity contribution in [1.29, 1.82) is 0 Å². The first-order valence-electron chi connectivity index (χ1n) is 11.5. The Hall–Kier alpha value is -2.37. The largest absolute Gasteiger partial charge is 0.433 e. The van der Waals surface area contributed by atoms with Crippen LogP contribution in [0, 0.1) is 0 Å². The van der Waals surface area contributed by atoms with E-state index < -0.39 is 102 Å². The molecule has 2 aliphatic heterocycles. The van der Waals surface area contributed by atoms with Gasteiger partial charge in [0, 0.05) is 5.57 Å². The van der Waals surface area contributed by atoms with Gasteiger partial charge in [-0.2, -0.15) is 0 Å². The molecule has 0 amide bonds. The summed E-state index contributed by atoms with van der Waals surface area (Å²) in [6.45, 7) is 11.9. The molecular weight excluding hydrogens is 512 g/mol. The van der Waals surface area contributed by atoms with Crippen molar-refractivity contribution in [3.8, 4) is 0 Å². The minimum atomic E-state index is -3.37. The highest BCUT2D eigenvalue weighted by atomic mass is 16.8. The van der Waals surface area contributed by atoms with E-state index in [0.717, 1.165) is 13.8 Å². The number of hydrogen-bond donors (Lipinski definition) is 7. The number of rotatable bonds is 11. The van der Waals surface area contributed by atoms with E-state index in [2.05, 4.69) is 19.7 Å². The van der Waals surface area contributed by atoms with Gasteiger partial charge in [0.05, 0.1) is 13.2 Å². The Morgan fingerprint density at radius 2 is 1.29 bits per heavy atom. The lowest BCUT2D eigenvalue weighted by Gasteiger charge is -2.49. The first kappa shape index (κ1) is 31.8. The fourth-order valence-corrected chi connectivity index (χ4v) is 4.16. The van der Waals surface area contributed by atoms with E-state index >= 15 is 0 Å². The standard InChI is InChI=1S/C24H34O14/c1-9(2)18(31)23(19(32)10(3)4,37-21(34)11(5)6)24(20(33)15(28)13(8-26)36-24)38-22-17(30)16(29)14(27)12(7-25)35-22/h12-17,20,22,25-30,33H,1,3,5,7-8H2,2,4,6H3/t12-,13-,14-,15-,16+,17-,20+,22-,24-/m1/s1. The SMILES string of the molecule is C=C(C)C(=O)OC(C(=O)C(=C)C)(C(=O)C(=C)C)[C@@]1(O[C@H]2O[C@H](CO)[C@@H](O)[C@H](O)[C@H]2O)O[C@H](CO)[C@@H](O)[C@@H]1O. The second-order valence-corrected chi connectivity index (χ2v) is 9.33. The van der Waals surface area contributed by atoms with Crippen LogP contribution in [-0.4, -0.2) is 127 Å². The van der Waals surface area contributed by atoms with Crippen molar-refractivity contribution < 1.29 is 69.1 Å². The zero-order valence-electron chi connectivity index (χ0n) is 21.1. The summed E-state index contributed by atoms with van der Waals surface area (Å²) in [7, 11) is 0. The molecule has 0 radical (unpaired) electrons. The van der Waals surface area contributed by atoms with Crippen molar-refractivity contribution in [2.45, 2.75) is 81.2 Å². The molecule has 2 heterocycles. The van der Waals surface area contributed by atoms with Crippen LogP contribution >= 0.6 is 0 Å². The third-order valence-corrected chi connectivity index (χ3v) is 6.24. The molecule has 7 N–H and O–H groups in total. The van der Waals surface area contributed by atoms with E-state index in [0.29, 0.717) is 0 Å². The molecule has 14 nitrogen and oxygen atoms in total. The highest BCUT2D eigenvalue weighted by Crippen LogP contribution is 2.48. The van der Waals surface area contributed by atoms with Crippen molar-refractivity contribution >= 4 is 17.5 Å². The molecule has 0 aromatic rings. The zero-order chi connectivity index (χ0) is 29.3. The van der Waals surface area contributed by atoms with Crippen molar-refractivity contribution in [3.05, 3.63) is 36.5 Å². The van der Waals surface area contributed by atoms with Crippen molar-refractivity contribution in [2.24, 2.45) is 0 Å². The topological polar surface area (TPSA) is 230 Å². The van der Waals surface area contributed by atoms with Crippen LogP contribution in [0.4, 0.5) is 0 Å². The molecule has 0 bridgehead atoms. The average Bonchev–Trinajstić information content (AvgIpc) is 3.11. The molecule has 2 fully saturated rings. The first-order valence-corrected chi connectivity index (χ1v) is 11.5. The molecule has 0 aromatic heterocycles. The maximum absolute atomic E-state index is 13.8. The quantitative estimate of drug-likeness (QED) is 0.0767. The summed E-state index contributed by atoms with van der Waals surface area (Å²) in [5.74, 6) is -7.43. The summed E-state index contributed by atoms with van der Waals surface area (Å²) in [6, 6.07) is 0. The number of hydrogen-bond acceptors (Lipinski definition) is 14. The number of ketones is 2. The number of esters is 1. The highest BCUT2D eigenvalue weighted by Gasteiger charge is 2.76. The Kier molecular flexibility index (Phi) is 9.88. The number of aliphatic hydroxyl groups is 7. The number of Topliss-reactive ketones (excluding diaryl/α,β-unsaturated/α-hetero) is 2. The molecule has 0 aromatic carbocycles. The van der Waals surface area contributed by atoms with Crippen LogP contribution in [0.25, 0.3) is 0 Å². The fourth-order valence-electron chi connectivity index (χ4n) is 4.16. The molecule has 9 atom stereocenters. The van der Waals surface area contributed by atoms with Gasteiger partial charge in [0.15, 0.2) is 6.29 Å². The van der Waals surface area contributed by atoms with Crippen LogP contribution in [-0.2, 0) is 33.3 Å². The van der Waals surface area contributed by atoms with Crippen LogP contribution in [0.3, 0.4) is 0 Å². The second kappa shape index (κ2) is 11.8. The van der Waals surface area contributed by atoms with Crippen LogP contribution < -0.4 is 0 Å². The van der Waals surface area contributed by atoms with Crippen LogP contribution in [0.1, 0.15) is 20.8 Å². The molecule has 0 spiro atoms. The highest BCUT2D eigenvalue weighted by molar-refractivity contribution is 6.24. The van der Waals surface area contributed by atoms with Gasteiger partial charge in [0.2, 0.25) is 11.6 Å². The Bertz CT molecular complexity index is 963. The molecule has 0 saturated carbocycles. The average molecular weight is 547 g/mol. The van der Waals surface area contributed by atoms with E-state index in [1.807, 2.05) is 0 Å². The van der Waals surface area contributed by atoms with Gasteiger partial charge in [-0.15, -0.1) is 0 Å². The second-order valence-electron chi connectivity index (χ2n) is 9.33. The maximum atomic E-state index is 13.8. The molecular formula is C24H34O14. The van der Waals surface area contributed by atoms with E-state index in [1.165, 1.54) is 6.92 Å². The molecule has 38 heavy (non-hydrogen) atoms. The predicted octanol–water partition coefficient (Wildman–Crippen LogP) is -3.24. The van der Waals surface area contributed by atoms with Crippen LogP contribution in [0.15, 0.2) is 36.5 Å². The minimum absolute atomic E-state index is 0.326. The molecule has 2 saturated heterocycles. The Balaban J connectivity index is 2.94. The first-order chi connectivity index (χ1) is 17.5. The third-order valence-electron chi connectivity index (χ3n) is 6.24. The van der Waals surface area contributed by atoms with Crippen LogP contribution in [0.2, 0.25) is 0 Å². The van der Waals surface area contributed by atoms with E-state index in [9.17, 15) is 50.1 Å². The Morgan fingerprint density at radius 3 is 1.68 bits per heavy atom. The molecule has 0 unspecified atom stereocenters. The van der Waals surface area contributed by atoms with Gasteiger partial charge < -0.3 is 54.7 Å². The number of ether oxygens (including phenoxy) is 4. The fraction of sp³-hybridized carbons (Fsp3) is 0.625. The molecule has 2 aliphatic rings. The molecule has 14 heteroatoms. The van der Waals surface area contributed by atoms with Gasteiger partial charge >= 0.3 is 5.97 Å². The van der Waals surface area contributed by atoms with Crippen molar-refractivity contribution in [1.82, 2.24) is 0 Å². The van der Waals surface area contributed by atoms with Gasteiger partial charge in [-0.1, -0.05) is 19.7 Å². The lowest BCUT2D eigenvalue weighted by molar-refractivity contribution is -0.400. The smallest absolute Gasteiger partial charge is 0.334 e. The summed E-state index contributed by atoms with van der Waals surface area (Å²) in [5, 5.41) is 72.1. The van der Waals surface area contributed by atoms with Gasteiger partial charge in [0.1, 0.15) is 42.7 Å². The monoisotopic (exact) mass is 546 g/mol. The number of carbonyl (C=O) groups excluding carboxylic acids is 3. The predicted molar refractivity (Wildman–Crippen MR) is 125 cm³/mol. The summed E-state index contributed by atoms with van der Waals surface area (Å²) in [6.07, 6.45) is -16.1. The van der Waals surface area contributed by atoms with Gasteiger partial charge in [-0.05, 0) is 31.9 Å². The minimum Gasteiger partial charge on any atom is -0.433 e. The summed E-state index contributed by atoms with van der Waals surface area (Å²) >= 11 is 0. The van der Waals surface area contributed by atoms with Gasteiger partial charge in [-0.25, -0.2) is 4.79 Å². The van der Waals surface area contributed by atoms with Gasteiger partial charge in [-0.3, -0.25) is 9.59 Å². The van der Waals surface area contributed by atoms with Crippen molar-refractivity contribution in [2.75, 3.05) is 13.2 Å². The van der Waals surface area contributed by atoms with E-state index in [-0.39, 0.29) is 5.57 Å². The Labute approximate surface area is 218 Å². The summed E-state index contributed by atoms with van der Waals surface area (Å²) in [4.78, 5) is 40.3. The normalized spacial score (nSPS) is 35.4. The summed E-state index contributed by atoms with van der Waals surface area (Å²) < 4.78 is 21.9. The molecule has 0 aliphatic carbocycles. The summed E-state index contributed by atoms with van der Waals surface area (Å²) in [5.41, 5.74) is -4.55. The van der Waals surface area contributed by atoms with E-state index in [4.69, 9.17) is 18.9 Å². The van der Waals surface area contributed by atoms with Crippen molar-refractivity contribution in [3.63, 3.8) is 0 Å². The molecule has 214 valence electrons. The zero-order valence-corrected chi connectivity index (χ0v) is 21.1. The lowest BCUT2D eigenvalue weighted by atomic mass is 9.76. The maximum Gasteiger partial charge on any atom is 0.334 e. The molecule has 2 rings (SSSR count). The third kappa shape index (κ3) is 5.12. The van der Waals surface area contributed by atoms with Gasteiger partial charge in [0.25, 0.3) is 11.4 Å². The Morgan fingerprint density at radius 1 is 0.789 bits per heavy atom. The number of aliphatic hydroxyl groups excluding tert-OH is 7. The number of carbonyl (C=O) groups is 3.